The van der Waals surface area contributed by atoms with E-state index in [1.54, 1.807) is 41.3 Å². The Hall–Kier alpha value is -8.32. The van der Waals surface area contributed by atoms with E-state index in [1.807, 2.05) is 59.5 Å². The summed E-state index contributed by atoms with van der Waals surface area (Å²) in [6.45, 7) is -0.634. The molecule has 0 saturated heterocycles. The molecule has 4 heterocycles. The van der Waals surface area contributed by atoms with Crippen molar-refractivity contribution in [2.75, 3.05) is 66.1 Å². The van der Waals surface area contributed by atoms with Gasteiger partial charge in [0, 0.05) is 41.7 Å². The molecule has 1 saturated carbocycles. The molecular formula is C55H58N8O11. The van der Waals surface area contributed by atoms with Gasteiger partial charge in [0.2, 0.25) is 23.6 Å². The van der Waals surface area contributed by atoms with Crippen LogP contribution in [0.2, 0.25) is 0 Å². The van der Waals surface area contributed by atoms with E-state index in [1.165, 1.54) is 14.2 Å². The van der Waals surface area contributed by atoms with E-state index in [2.05, 4.69) is 31.9 Å². The number of rotatable bonds is 16. The fraction of sp³-hybridized carbons (Fsp3) is 0.345. The number of methoxy groups -OCH3 is 2. The van der Waals surface area contributed by atoms with E-state index in [0.717, 1.165) is 61.0 Å². The van der Waals surface area contributed by atoms with Gasteiger partial charge >= 0.3 is 0 Å². The van der Waals surface area contributed by atoms with Gasteiger partial charge < -0.3 is 65.8 Å². The second-order valence-electron chi connectivity index (χ2n) is 19.1. The van der Waals surface area contributed by atoms with Crippen LogP contribution in [0.25, 0.3) is 0 Å². The highest BCUT2D eigenvalue weighted by molar-refractivity contribution is 6.13. The van der Waals surface area contributed by atoms with Gasteiger partial charge in [0.05, 0.1) is 68.4 Å². The predicted molar refractivity (Wildman–Crippen MR) is 275 cm³/mol. The van der Waals surface area contributed by atoms with Crippen molar-refractivity contribution >= 4 is 63.9 Å². The number of nitrogens with one attached hydrogen (secondary N) is 6. The van der Waals surface area contributed by atoms with Crippen LogP contribution in [0.3, 0.4) is 0 Å². The number of benzene rings is 5. The van der Waals surface area contributed by atoms with Crippen molar-refractivity contribution in [3.05, 3.63) is 124 Å². The van der Waals surface area contributed by atoms with Gasteiger partial charge in [-0.1, -0.05) is 55.7 Å². The summed E-state index contributed by atoms with van der Waals surface area (Å²) in [5.41, 5.74) is 6.93. The topological polar surface area (TPSA) is 238 Å². The van der Waals surface area contributed by atoms with Crippen LogP contribution in [0.1, 0.15) is 75.1 Å². The van der Waals surface area contributed by atoms with E-state index in [4.69, 9.17) is 18.9 Å². The van der Waals surface area contributed by atoms with Gasteiger partial charge in [-0.15, -0.1) is 0 Å². The van der Waals surface area contributed by atoms with Crippen molar-refractivity contribution in [3.63, 3.8) is 0 Å². The number of aliphatic hydroxyl groups excluding tert-OH is 1. The molecule has 3 atom stereocenters. The SMILES string of the molecule is COc1cc2c(cc1OCc1cc(COc3cc4c(cc3OC)C(=O)N3c5ccccc5CC3[C@@H](O)N4)cc(NC(=O)CNC(=O)CNC(=O)CNC(=O)C3CCCCC3)c1)NCC1Cc3ccccc3N1C2=O. The first kappa shape index (κ1) is 49.3. The lowest BCUT2D eigenvalue weighted by Gasteiger charge is -2.26. The minimum absolute atomic E-state index is 0.0215. The molecule has 0 bridgehead atoms. The molecule has 19 heteroatoms. The lowest BCUT2D eigenvalue weighted by atomic mass is 9.89. The number of amides is 6. The third-order valence-corrected chi connectivity index (χ3v) is 14.2. The molecule has 0 radical (unpaired) electrons. The maximum absolute atomic E-state index is 14.1. The van der Waals surface area contributed by atoms with Gasteiger partial charge in [0.25, 0.3) is 11.8 Å². The number of fused-ring (bicyclic) bond motifs is 8. The molecule has 5 aromatic carbocycles. The predicted octanol–water partition coefficient (Wildman–Crippen LogP) is 5.04. The average molecular weight is 1010 g/mol. The van der Waals surface area contributed by atoms with Gasteiger partial charge in [0.15, 0.2) is 23.0 Å². The first-order chi connectivity index (χ1) is 35.9. The summed E-state index contributed by atoms with van der Waals surface area (Å²) in [7, 11) is 2.96. The van der Waals surface area contributed by atoms with E-state index in [-0.39, 0.29) is 60.9 Å². The number of para-hydroxylation sites is 2. The summed E-state index contributed by atoms with van der Waals surface area (Å²) in [5, 5.41) is 28.4. The van der Waals surface area contributed by atoms with E-state index >= 15 is 0 Å². The smallest absolute Gasteiger partial charge is 0.260 e. The van der Waals surface area contributed by atoms with Gasteiger partial charge in [0.1, 0.15) is 19.4 Å². The molecule has 4 aliphatic heterocycles. The summed E-state index contributed by atoms with van der Waals surface area (Å²) in [4.78, 5) is 82.6. The fourth-order valence-corrected chi connectivity index (χ4v) is 10.5. The Kier molecular flexibility index (Phi) is 14.3. The van der Waals surface area contributed by atoms with Crippen molar-refractivity contribution in [2.45, 2.75) is 76.5 Å². The molecule has 0 spiro atoms. The van der Waals surface area contributed by atoms with Crippen LogP contribution >= 0.6 is 0 Å². The van der Waals surface area contributed by atoms with Crippen LogP contribution in [0.15, 0.2) is 91.0 Å². The van der Waals surface area contributed by atoms with E-state index in [9.17, 15) is 33.9 Å². The molecule has 384 valence electrons. The minimum atomic E-state index is -1.09. The summed E-state index contributed by atoms with van der Waals surface area (Å²) in [6, 6.07) is 26.7. The standard InChI is InChI=1S/C55H58N8O11/c1-71-45-21-38-40(56-25-37-19-34-12-6-8-14-42(34)62(37)54(38)69)23-47(45)73-29-31-16-32(18-36(17-31)60-51(66)28-58-49(64)26-57-50(65)27-59-52(67)33-10-4-3-5-11-33)30-74-48-24-41-39(22-46(48)72-2)55(70)63-43-15-9-7-13-35(43)20-44(63)53(68)61-41/h6-9,12-18,21-24,33,37,44,53,56,61,68H,3-5,10-11,19-20,25-30H2,1-2H3,(H,57,65)(H,58,64)(H,59,67)(H,60,66)/t37?,44?,53-/m1/s1. The Morgan fingerprint density at radius 3 is 1.84 bits per heavy atom. The summed E-state index contributed by atoms with van der Waals surface area (Å²) < 4.78 is 24.3. The largest absolute Gasteiger partial charge is 0.493 e. The van der Waals surface area contributed by atoms with Crippen molar-refractivity contribution in [1.82, 2.24) is 16.0 Å². The molecular weight excluding hydrogens is 949 g/mol. The van der Waals surface area contributed by atoms with Gasteiger partial charge in [-0.3, -0.25) is 28.8 Å². The number of carbonyl (C=O) groups is 6. The highest BCUT2D eigenvalue weighted by Gasteiger charge is 2.42. The third kappa shape index (κ3) is 10.3. The maximum Gasteiger partial charge on any atom is 0.260 e. The summed E-state index contributed by atoms with van der Waals surface area (Å²) >= 11 is 0. The maximum atomic E-state index is 14.1. The molecule has 1 fully saturated rings. The van der Waals surface area contributed by atoms with Crippen LogP contribution in [0.4, 0.5) is 28.4 Å². The fourth-order valence-electron chi connectivity index (χ4n) is 10.5. The number of carbonyl (C=O) groups excluding carboxylic acids is 6. The van der Waals surface area contributed by atoms with Crippen molar-refractivity contribution < 1.29 is 52.8 Å². The zero-order valence-corrected chi connectivity index (χ0v) is 41.1. The van der Waals surface area contributed by atoms with Gasteiger partial charge in [-0.25, -0.2) is 0 Å². The molecule has 1 aliphatic carbocycles. The number of hydrogen-bond acceptors (Lipinski definition) is 13. The van der Waals surface area contributed by atoms with Crippen LogP contribution in [0.5, 0.6) is 23.0 Å². The number of anilines is 5. The highest BCUT2D eigenvalue weighted by atomic mass is 16.5. The highest BCUT2D eigenvalue weighted by Crippen LogP contribution is 2.43. The van der Waals surface area contributed by atoms with Crippen LogP contribution in [-0.2, 0) is 45.2 Å². The second kappa shape index (κ2) is 21.4. The first-order valence-corrected chi connectivity index (χ1v) is 24.9. The van der Waals surface area contributed by atoms with Crippen molar-refractivity contribution in [1.29, 1.82) is 0 Å². The first-order valence-electron chi connectivity index (χ1n) is 24.9. The average Bonchev–Trinajstić information content (AvgIpc) is 3.94. The molecule has 5 aliphatic rings. The van der Waals surface area contributed by atoms with Crippen LogP contribution in [-0.4, -0.2) is 99.3 Å². The van der Waals surface area contributed by atoms with Gasteiger partial charge in [-0.05, 0) is 90.4 Å². The second-order valence-corrected chi connectivity index (χ2v) is 19.1. The van der Waals surface area contributed by atoms with Crippen LogP contribution in [0, 0.1) is 5.92 Å². The number of nitrogens with zero attached hydrogens (tertiary/aromatic N) is 2. The Balaban J connectivity index is 0.845. The zero-order chi connectivity index (χ0) is 51.5. The molecule has 74 heavy (non-hydrogen) atoms. The number of hydrogen-bond donors (Lipinski definition) is 7. The molecule has 0 aromatic heterocycles. The molecule has 6 amide bonds. The Bertz CT molecular complexity index is 3030. The Labute approximate surface area is 427 Å². The molecule has 7 N–H and O–H groups in total. The monoisotopic (exact) mass is 1010 g/mol. The Morgan fingerprint density at radius 2 is 1.19 bits per heavy atom. The lowest BCUT2D eigenvalue weighted by molar-refractivity contribution is -0.130. The van der Waals surface area contributed by atoms with Crippen LogP contribution < -0.4 is 60.6 Å². The molecule has 10 rings (SSSR count). The zero-order valence-electron chi connectivity index (χ0n) is 41.1. The number of aliphatic hydroxyl groups is 1. The summed E-state index contributed by atoms with van der Waals surface area (Å²) in [5.74, 6) is -1.17. The van der Waals surface area contributed by atoms with Crippen molar-refractivity contribution in [2.24, 2.45) is 5.92 Å². The normalized spacial score (nSPS) is 18.3. The number of ether oxygens (including phenoxy) is 4. The van der Waals surface area contributed by atoms with Crippen molar-refractivity contribution in [3.8, 4) is 23.0 Å². The lowest BCUT2D eigenvalue weighted by Crippen LogP contribution is -2.45. The molecule has 19 nitrogen and oxygen atoms in total. The Morgan fingerprint density at radius 1 is 0.635 bits per heavy atom. The van der Waals surface area contributed by atoms with E-state index in [0.29, 0.717) is 63.8 Å². The van der Waals surface area contributed by atoms with E-state index < -0.39 is 43.1 Å². The quantitative estimate of drug-likeness (QED) is 0.0687. The summed E-state index contributed by atoms with van der Waals surface area (Å²) in [6.07, 6.45) is 4.76. The van der Waals surface area contributed by atoms with Gasteiger partial charge in [-0.2, -0.15) is 0 Å². The molecule has 5 aromatic rings. The minimum Gasteiger partial charge on any atom is -0.493 e. The third-order valence-electron chi connectivity index (χ3n) is 14.2. The molecule has 2 unspecified atom stereocenters.